The van der Waals surface area contributed by atoms with Crippen molar-refractivity contribution in [1.82, 2.24) is 10.2 Å². The summed E-state index contributed by atoms with van der Waals surface area (Å²) in [7, 11) is 0. The first kappa shape index (κ1) is 20.4. The summed E-state index contributed by atoms with van der Waals surface area (Å²) < 4.78 is 12.9. The zero-order valence-electron chi connectivity index (χ0n) is 14.0. The SMILES string of the molecule is CC(C)N(CC(=O)Nc1ccc(F)cc1)C(=O)CNCC1CC1.Cl. The largest absolute Gasteiger partial charge is 0.330 e. The molecule has 1 aliphatic rings. The number of nitrogens with zero attached hydrogens (tertiary/aromatic N) is 1. The first-order chi connectivity index (χ1) is 11.0. The van der Waals surface area contributed by atoms with Crippen molar-refractivity contribution in [2.75, 3.05) is 25.0 Å². The smallest absolute Gasteiger partial charge is 0.244 e. The van der Waals surface area contributed by atoms with Gasteiger partial charge in [0.15, 0.2) is 0 Å². The molecule has 0 spiro atoms. The molecule has 0 atom stereocenters. The van der Waals surface area contributed by atoms with Crippen molar-refractivity contribution in [3.05, 3.63) is 30.1 Å². The van der Waals surface area contributed by atoms with Crippen LogP contribution in [0, 0.1) is 11.7 Å². The normalized spacial score (nSPS) is 13.3. The molecule has 1 fully saturated rings. The number of benzene rings is 1. The number of amides is 2. The highest BCUT2D eigenvalue weighted by Crippen LogP contribution is 2.27. The van der Waals surface area contributed by atoms with Gasteiger partial charge < -0.3 is 15.5 Å². The van der Waals surface area contributed by atoms with E-state index in [-0.39, 0.29) is 49.2 Å². The lowest BCUT2D eigenvalue weighted by atomic mass is 10.2. The van der Waals surface area contributed by atoms with Gasteiger partial charge >= 0.3 is 0 Å². The van der Waals surface area contributed by atoms with Gasteiger partial charge in [-0.3, -0.25) is 9.59 Å². The Labute approximate surface area is 148 Å². The first-order valence-corrected chi connectivity index (χ1v) is 8.01. The maximum Gasteiger partial charge on any atom is 0.244 e. The van der Waals surface area contributed by atoms with E-state index in [2.05, 4.69) is 10.6 Å². The Morgan fingerprint density at radius 3 is 2.42 bits per heavy atom. The lowest BCUT2D eigenvalue weighted by Gasteiger charge is -2.26. The minimum atomic E-state index is -0.358. The molecule has 0 heterocycles. The van der Waals surface area contributed by atoms with Crippen LogP contribution in [0.25, 0.3) is 0 Å². The van der Waals surface area contributed by atoms with E-state index in [1.54, 1.807) is 4.90 Å². The van der Waals surface area contributed by atoms with Crippen molar-refractivity contribution in [3.8, 4) is 0 Å². The fourth-order valence-corrected chi connectivity index (χ4v) is 2.25. The highest BCUT2D eigenvalue weighted by Gasteiger charge is 2.23. The van der Waals surface area contributed by atoms with Crippen LogP contribution in [0.3, 0.4) is 0 Å². The molecule has 1 aliphatic carbocycles. The van der Waals surface area contributed by atoms with Gasteiger partial charge in [0.2, 0.25) is 11.8 Å². The molecule has 0 aliphatic heterocycles. The summed E-state index contributed by atoms with van der Waals surface area (Å²) in [6.45, 7) is 4.85. The standard InChI is InChI=1S/C17H24FN3O2.ClH/c1-12(2)21(17(23)10-19-9-13-3-4-13)11-16(22)20-15-7-5-14(18)6-8-15;/h5-8,12-13,19H,3-4,9-11H2,1-2H3,(H,20,22);1H. The summed E-state index contributed by atoms with van der Waals surface area (Å²) >= 11 is 0. The average Bonchev–Trinajstić information content (AvgIpc) is 3.31. The van der Waals surface area contributed by atoms with Crippen molar-refractivity contribution in [2.24, 2.45) is 5.92 Å². The Morgan fingerprint density at radius 1 is 1.25 bits per heavy atom. The van der Waals surface area contributed by atoms with Gasteiger partial charge in [0, 0.05) is 11.7 Å². The third-order valence-electron chi connectivity index (χ3n) is 3.79. The van der Waals surface area contributed by atoms with Crippen LogP contribution in [0.4, 0.5) is 10.1 Å². The van der Waals surface area contributed by atoms with Crippen molar-refractivity contribution in [3.63, 3.8) is 0 Å². The van der Waals surface area contributed by atoms with Crippen LogP contribution in [0.1, 0.15) is 26.7 Å². The molecule has 1 aromatic carbocycles. The highest BCUT2D eigenvalue weighted by molar-refractivity contribution is 5.94. The van der Waals surface area contributed by atoms with Gasteiger partial charge in [0.25, 0.3) is 0 Å². The molecule has 24 heavy (non-hydrogen) atoms. The Bertz CT molecular complexity index is 547. The zero-order valence-corrected chi connectivity index (χ0v) is 14.9. The molecule has 2 N–H and O–H groups in total. The van der Waals surface area contributed by atoms with Gasteiger partial charge in [-0.2, -0.15) is 0 Å². The Morgan fingerprint density at radius 2 is 1.88 bits per heavy atom. The quantitative estimate of drug-likeness (QED) is 0.751. The van der Waals surface area contributed by atoms with E-state index >= 15 is 0 Å². The molecular formula is C17H25ClFN3O2. The van der Waals surface area contributed by atoms with E-state index in [1.807, 2.05) is 13.8 Å². The molecule has 0 radical (unpaired) electrons. The van der Waals surface area contributed by atoms with Gasteiger partial charge in [0.1, 0.15) is 12.4 Å². The van der Waals surface area contributed by atoms with Crippen LogP contribution in [0.2, 0.25) is 0 Å². The van der Waals surface area contributed by atoms with E-state index in [4.69, 9.17) is 0 Å². The number of nitrogens with one attached hydrogen (secondary N) is 2. The number of rotatable bonds is 8. The minimum Gasteiger partial charge on any atom is -0.330 e. The summed E-state index contributed by atoms with van der Waals surface area (Å²) in [6, 6.07) is 5.48. The molecule has 1 saturated carbocycles. The fourth-order valence-electron chi connectivity index (χ4n) is 2.25. The second-order valence-corrected chi connectivity index (χ2v) is 6.24. The number of anilines is 1. The van der Waals surface area contributed by atoms with E-state index in [1.165, 1.54) is 37.1 Å². The minimum absolute atomic E-state index is 0. The summed E-state index contributed by atoms with van der Waals surface area (Å²) in [5, 5.41) is 5.82. The molecule has 5 nitrogen and oxygen atoms in total. The first-order valence-electron chi connectivity index (χ1n) is 8.01. The third kappa shape index (κ3) is 6.84. The molecule has 0 aromatic heterocycles. The molecule has 2 rings (SSSR count). The van der Waals surface area contributed by atoms with Crippen LogP contribution in [-0.2, 0) is 9.59 Å². The maximum absolute atomic E-state index is 12.9. The predicted molar refractivity (Wildman–Crippen MR) is 94.7 cm³/mol. The molecular weight excluding hydrogens is 333 g/mol. The molecule has 2 amide bonds. The lowest BCUT2D eigenvalue weighted by molar-refractivity contribution is -0.135. The molecule has 0 bridgehead atoms. The van der Waals surface area contributed by atoms with Gasteiger partial charge in [-0.1, -0.05) is 0 Å². The lowest BCUT2D eigenvalue weighted by Crippen LogP contribution is -2.46. The highest BCUT2D eigenvalue weighted by atomic mass is 35.5. The van der Waals surface area contributed by atoms with Crippen LogP contribution in [-0.4, -0.2) is 42.4 Å². The van der Waals surface area contributed by atoms with Gasteiger partial charge in [-0.15, -0.1) is 12.4 Å². The van der Waals surface area contributed by atoms with Gasteiger partial charge in [-0.25, -0.2) is 4.39 Å². The van der Waals surface area contributed by atoms with E-state index in [9.17, 15) is 14.0 Å². The third-order valence-corrected chi connectivity index (χ3v) is 3.79. The number of hydrogen-bond donors (Lipinski definition) is 2. The predicted octanol–water partition coefficient (Wildman–Crippen LogP) is 2.42. The van der Waals surface area contributed by atoms with Crippen LogP contribution < -0.4 is 10.6 Å². The van der Waals surface area contributed by atoms with Crippen molar-refractivity contribution >= 4 is 29.9 Å². The number of carbonyl (C=O) groups excluding carboxylic acids is 2. The molecule has 7 heteroatoms. The van der Waals surface area contributed by atoms with Gasteiger partial charge in [0.05, 0.1) is 6.54 Å². The summed E-state index contributed by atoms with van der Waals surface area (Å²) in [4.78, 5) is 25.9. The molecule has 1 aromatic rings. The van der Waals surface area contributed by atoms with Crippen LogP contribution in [0.5, 0.6) is 0 Å². The molecule has 0 saturated heterocycles. The van der Waals surface area contributed by atoms with Crippen molar-refractivity contribution < 1.29 is 14.0 Å². The van der Waals surface area contributed by atoms with Crippen molar-refractivity contribution in [2.45, 2.75) is 32.7 Å². The zero-order chi connectivity index (χ0) is 16.8. The average molecular weight is 358 g/mol. The summed E-state index contributed by atoms with van der Waals surface area (Å²) in [5.41, 5.74) is 0.513. The Balaban J connectivity index is 0.00000288. The summed E-state index contributed by atoms with van der Waals surface area (Å²) in [5.74, 6) is -0.0310. The van der Waals surface area contributed by atoms with E-state index < -0.39 is 0 Å². The Hall–Kier alpha value is -1.66. The van der Waals surface area contributed by atoms with Crippen LogP contribution >= 0.6 is 12.4 Å². The van der Waals surface area contributed by atoms with E-state index in [0.29, 0.717) is 11.6 Å². The summed E-state index contributed by atoms with van der Waals surface area (Å²) in [6.07, 6.45) is 2.46. The topological polar surface area (TPSA) is 61.4 Å². The number of carbonyl (C=O) groups is 2. The monoisotopic (exact) mass is 357 g/mol. The Kier molecular flexibility index (Phi) is 8.15. The number of hydrogen-bond acceptors (Lipinski definition) is 3. The van der Waals surface area contributed by atoms with Gasteiger partial charge in [-0.05, 0) is 63.4 Å². The van der Waals surface area contributed by atoms with Crippen molar-refractivity contribution in [1.29, 1.82) is 0 Å². The second kappa shape index (κ2) is 9.59. The van der Waals surface area contributed by atoms with E-state index in [0.717, 1.165) is 6.54 Å². The molecule has 0 unspecified atom stereocenters. The molecule has 134 valence electrons. The fraction of sp³-hybridized carbons (Fsp3) is 0.529. The van der Waals surface area contributed by atoms with Crippen LogP contribution in [0.15, 0.2) is 24.3 Å². The maximum atomic E-state index is 12.9. The number of halogens is 2. The second-order valence-electron chi connectivity index (χ2n) is 6.24.